The Labute approximate surface area is 191 Å². The summed E-state index contributed by atoms with van der Waals surface area (Å²) in [6.45, 7) is 2.78. The van der Waals surface area contributed by atoms with Gasteiger partial charge in [0.05, 0.1) is 6.61 Å². The van der Waals surface area contributed by atoms with E-state index in [-0.39, 0.29) is 30.5 Å². The molecule has 2 N–H and O–H groups in total. The summed E-state index contributed by atoms with van der Waals surface area (Å²) in [5, 5.41) is 20.6. The third-order valence-electron chi connectivity index (χ3n) is 8.30. The lowest BCUT2D eigenvalue weighted by Gasteiger charge is -2.57. The van der Waals surface area contributed by atoms with Gasteiger partial charge >= 0.3 is 0 Å². The van der Waals surface area contributed by atoms with Gasteiger partial charge in [-0.15, -0.1) is 0 Å². The first kappa shape index (κ1) is 21.9. The number of benzene rings is 1. The standard InChI is InChI=1S/C27H36N2O3/c30-19-24-25(21-10-8-20(9-11-21)12-15-27(32)13-1-2-14-27)23-18-28(16-3-4-17-29(23)24)26(31)22-6-5-7-22/h8-11,22-25,30,32H,1-7,13-14,16-19H2/t23-,24-,25-/m0/s1. The van der Waals surface area contributed by atoms with Crippen molar-refractivity contribution in [2.75, 3.05) is 26.2 Å². The van der Waals surface area contributed by atoms with Crippen molar-refractivity contribution in [1.82, 2.24) is 9.80 Å². The highest BCUT2D eigenvalue weighted by molar-refractivity contribution is 5.79. The molecule has 5 nitrogen and oxygen atoms in total. The molecule has 1 aromatic rings. The van der Waals surface area contributed by atoms with E-state index in [2.05, 4.69) is 33.8 Å². The molecule has 0 bridgehead atoms. The van der Waals surface area contributed by atoms with Gasteiger partial charge in [-0.25, -0.2) is 0 Å². The van der Waals surface area contributed by atoms with Crippen molar-refractivity contribution in [3.8, 4) is 11.8 Å². The van der Waals surface area contributed by atoms with Gasteiger partial charge in [-0.1, -0.05) is 30.4 Å². The molecule has 5 rings (SSSR count). The number of aliphatic hydroxyl groups excluding tert-OH is 1. The van der Waals surface area contributed by atoms with Crippen LogP contribution in [0, 0.1) is 17.8 Å². The zero-order chi connectivity index (χ0) is 22.1. The number of hydrogen-bond donors (Lipinski definition) is 2. The summed E-state index contributed by atoms with van der Waals surface area (Å²) in [5.74, 6) is 7.07. The Balaban J connectivity index is 1.32. The molecular weight excluding hydrogens is 400 g/mol. The molecule has 2 saturated carbocycles. The van der Waals surface area contributed by atoms with Gasteiger partial charge in [0.2, 0.25) is 5.91 Å². The van der Waals surface area contributed by atoms with Crippen molar-refractivity contribution < 1.29 is 15.0 Å². The van der Waals surface area contributed by atoms with E-state index < -0.39 is 5.60 Å². The van der Waals surface area contributed by atoms with Crippen LogP contribution in [0.5, 0.6) is 0 Å². The van der Waals surface area contributed by atoms with E-state index in [0.717, 1.165) is 76.6 Å². The Bertz CT molecular complexity index is 876. The highest BCUT2D eigenvalue weighted by atomic mass is 16.3. The minimum atomic E-state index is -0.815. The zero-order valence-electron chi connectivity index (χ0n) is 19.0. The summed E-state index contributed by atoms with van der Waals surface area (Å²) in [6.07, 6.45) is 9.03. The molecule has 2 aliphatic heterocycles. The van der Waals surface area contributed by atoms with E-state index in [1.54, 1.807) is 0 Å². The van der Waals surface area contributed by atoms with Crippen LogP contribution >= 0.6 is 0 Å². The van der Waals surface area contributed by atoms with Crippen LogP contribution < -0.4 is 0 Å². The molecule has 4 aliphatic rings. The van der Waals surface area contributed by atoms with Gasteiger partial charge in [0.1, 0.15) is 5.60 Å². The average molecular weight is 437 g/mol. The molecule has 3 atom stereocenters. The van der Waals surface area contributed by atoms with Gasteiger partial charge in [0, 0.05) is 42.6 Å². The smallest absolute Gasteiger partial charge is 0.225 e. The van der Waals surface area contributed by atoms with Crippen LogP contribution in [0.1, 0.15) is 74.8 Å². The fraction of sp³-hybridized carbons (Fsp3) is 0.667. The molecule has 32 heavy (non-hydrogen) atoms. The molecule has 5 heteroatoms. The number of aliphatic hydroxyl groups is 2. The zero-order valence-corrected chi connectivity index (χ0v) is 19.0. The van der Waals surface area contributed by atoms with Gasteiger partial charge in [-0.2, -0.15) is 0 Å². The molecule has 4 fully saturated rings. The number of nitrogens with zero attached hydrogens (tertiary/aromatic N) is 2. The van der Waals surface area contributed by atoms with Gasteiger partial charge in [0.15, 0.2) is 0 Å². The fourth-order valence-electron chi connectivity index (χ4n) is 6.12. The lowest BCUT2D eigenvalue weighted by Crippen LogP contribution is -2.68. The number of fused-ring (bicyclic) bond motifs is 1. The molecule has 2 aliphatic carbocycles. The Morgan fingerprint density at radius 1 is 1.03 bits per heavy atom. The van der Waals surface area contributed by atoms with E-state index in [4.69, 9.17) is 0 Å². The second kappa shape index (κ2) is 9.17. The molecular formula is C27H36N2O3. The molecule has 0 spiro atoms. The first-order valence-electron chi connectivity index (χ1n) is 12.6. The van der Waals surface area contributed by atoms with Crippen LogP contribution in [0.25, 0.3) is 0 Å². The quantitative estimate of drug-likeness (QED) is 0.716. The number of rotatable bonds is 3. The lowest BCUT2D eigenvalue weighted by atomic mass is 9.74. The van der Waals surface area contributed by atoms with E-state index in [1.807, 2.05) is 12.1 Å². The largest absolute Gasteiger partial charge is 0.395 e. The highest BCUT2D eigenvalue weighted by Crippen LogP contribution is 2.42. The van der Waals surface area contributed by atoms with Gasteiger partial charge in [0.25, 0.3) is 0 Å². The Hall–Kier alpha value is -1.87. The van der Waals surface area contributed by atoms with Gasteiger partial charge < -0.3 is 15.1 Å². The monoisotopic (exact) mass is 436 g/mol. The predicted molar refractivity (Wildman–Crippen MR) is 124 cm³/mol. The minimum Gasteiger partial charge on any atom is -0.395 e. The van der Waals surface area contributed by atoms with Crippen molar-refractivity contribution in [3.63, 3.8) is 0 Å². The maximum atomic E-state index is 13.0. The SMILES string of the molecule is O=C(C1CCC1)N1CCCCN2[C@@H](CO)[C@@H](c3ccc(C#CC4(O)CCCC4)cc3)[C@@H]2C1. The van der Waals surface area contributed by atoms with Crippen LogP contribution in [0.15, 0.2) is 24.3 Å². The number of hydrogen-bond acceptors (Lipinski definition) is 4. The molecule has 0 radical (unpaired) electrons. The van der Waals surface area contributed by atoms with E-state index >= 15 is 0 Å². The minimum absolute atomic E-state index is 0.120. The number of carbonyl (C=O) groups excluding carboxylic acids is 1. The van der Waals surface area contributed by atoms with Crippen molar-refractivity contribution in [2.45, 2.75) is 81.4 Å². The van der Waals surface area contributed by atoms with Crippen LogP contribution in [-0.4, -0.2) is 69.8 Å². The summed E-state index contributed by atoms with van der Waals surface area (Å²) in [7, 11) is 0. The molecule has 0 unspecified atom stereocenters. The third kappa shape index (κ3) is 4.21. The number of carbonyl (C=O) groups is 1. The Morgan fingerprint density at radius 2 is 1.75 bits per heavy atom. The second-order valence-electron chi connectivity index (χ2n) is 10.3. The molecule has 2 heterocycles. The molecule has 0 aromatic heterocycles. The summed E-state index contributed by atoms with van der Waals surface area (Å²) in [6, 6.07) is 8.73. The van der Waals surface area contributed by atoms with Crippen molar-refractivity contribution in [2.24, 2.45) is 5.92 Å². The fourth-order valence-corrected chi connectivity index (χ4v) is 6.12. The first-order valence-corrected chi connectivity index (χ1v) is 12.6. The molecule has 1 aromatic carbocycles. The van der Waals surface area contributed by atoms with Crippen LogP contribution in [0.2, 0.25) is 0 Å². The summed E-state index contributed by atoms with van der Waals surface area (Å²) >= 11 is 0. The van der Waals surface area contributed by atoms with E-state index in [9.17, 15) is 15.0 Å². The maximum absolute atomic E-state index is 13.0. The Kier molecular flexibility index (Phi) is 6.29. The van der Waals surface area contributed by atoms with E-state index in [0.29, 0.717) is 5.91 Å². The van der Waals surface area contributed by atoms with Crippen molar-refractivity contribution in [1.29, 1.82) is 0 Å². The molecule has 172 valence electrons. The topological polar surface area (TPSA) is 64.0 Å². The average Bonchev–Trinajstić information content (AvgIpc) is 3.17. The van der Waals surface area contributed by atoms with Gasteiger partial charge in [-0.3, -0.25) is 9.69 Å². The lowest BCUT2D eigenvalue weighted by molar-refractivity contribution is -0.143. The third-order valence-corrected chi connectivity index (χ3v) is 8.30. The summed E-state index contributed by atoms with van der Waals surface area (Å²) < 4.78 is 0. The summed E-state index contributed by atoms with van der Waals surface area (Å²) in [4.78, 5) is 17.5. The van der Waals surface area contributed by atoms with E-state index in [1.165, 1.54) is 12.0 Å². The van der Waals surface area contributed by atoms with Gasteiger partial charge in [-0.05, 0) is 75.6 Å². The Morgan fingerprint density at radius 3 is 2.41 bits per heavy atom. The van der Waals surface area contributed by atoms with Crippen molar-refractivity contribution >= 4 is 5.91 Å². The van der Waals surface area contributed by atoms with Crippen molar-refractivity contribution in [3.05, 3.63) is 35.4 Å². The molecule has 2 saturated heterocycles. The second-order valence-corrected chi connectivity index (χ2v) is 10.3. The van der Waals surface area contributed by atoms with Crippen LogP contribution in [0.4, 0.5) is 0 Å². The summed E-state index contributed by atoms with van der Waals surface area (Å²) in [5.41, 5.74) is 1.32. The maximum Gasteiger partial charge on any atom is 0.225 e. The number of amides is 1. The highest BCUT2D eigenvalue weighted by Gasteiger charge is 2.49. The van der Waals surface area contributed by atoms with Crippen LogP contribution in [-0.2, 0) is 4.79 Å². The first-order chi connectivity index (χ1) is 15.6. The predicted octanol–water partition coefficient (Wildman–Crippen LogP) is 2.89. The molecule has 1 amide bonds. The normalized spacial score (nSPS) is 30.2. The van der Waals surface area contributed by atoms with Crippen LogP contribution in [0.3, 0.4) is 0 Å².